The second kappa shape index (κ2) is 7.93. The van der Waals surface area contributed by atoms with Gasteiger partial charge in [-0.15, -0.1) is 0 Å². The largest absolute Gasteiger partial charge is 0.458 e. The summed E-state index contributed by atoms with van der Waals surface area (Å²) in [5.41, 5.74) is 2.87. The number of likely N-dealkylation sites (tertiary alicyclic amines) is 1. The predicted molar refractivity (Wildman–Crippen MR) is 118 cm³/mol. The van der Waals surface area contributed by atoms with Crippen molar-refractivity contribution < 1.29 is 9.53 Å². The summed E-state index contributed by atoms with van der Waals surface area (Å²) in [7, 11) is 0. The molecular weight excluding hydrogens is 404 g/mol. The van der Waals surface area contributed by atoms with Gasteiger partial charge >= 0.3 is 6.01 Å². The van der Waals surface area contributed by atoms with Crippen LogP contribution in [0.25, 0.3) is 11.4 Å². The predicted octanol–water partition coefficient (Wildman–Crippen LogP) is 3.27. The highest BCUT2D eigenvalue weighted by molar-refractivity contribution is 5.98. The van der Waals surface area contributed by atoms with E-state index >= 15 is 0 Å². The summed E-state index contributed by atoms with van der Waals surface area (Å²) in [6, 6.07) is 5.82. The Bertz CT molecular complexity index is 1140. The maximum Gasteiger partial charge on any atom is 0.316 e. The van der Waals surface area contributed by atoms with Crippen molar-refractivity contribution in [1.82, 2.24) is 29.8 Å². The van der Waals surface area contributed by atoms with Crippen molar-refractivity contribution in [3.8, 4) is 17.4 Å². The maximum absolute atomic E-state index is 13.7. The van der Waals surface area contributed by atoms with Crippen LogP contribution in [-0.2, 0) is 6.42 Å². The number of piperidine rings is 1. The van der Waals surface area contributed by atoms with E-state index in [4.69, 9.17) is 4.74 Å². The van der Waals surface area contributed by atoms with Crippen LogP contribution in [0.1, 0.15) is 48.4 Å². The van der Waals surface area contributed by atoms with E-state index in [1.54, 1.807) is 30.9 Å². The van der Waals surface area contributed by atoms with Gasteiger partial charge in [0.1, 0.15) is 11.8 Å². The molecule has 0 N–H and O–H groups in total. The maximum atomic E-state index is 13.7. The fourth-order valence-corrected chi connectivity index (χ4v) is 4.85. The highest BCUT2D eigenvalue weighted by atomic mass is 16.5. The molecule has 0 spiro atoms. The van der Waals surface area contributed by atoms with Crippen molar-refractivity contribution >= 4 is 5.91 Å². The Morgan fingerprint density at radius 1 is 1.16 bits per heavy atom. The van der Waals surface area contributed by atoms with E-state index in [-0.39, 0.29) is 23.5 Å². The molecule has 2 fully saturated rings. The molecule has 1 saturated carbocycles. The first-order valence-electron chi connectivity index (χ1n) is 11.0. The molecule has 32 heavy (non-hydrogen) atoms. The van der Waals surface area contributed by atoms with Crippen molar-refractivity contribution in [3.63, 3.8) is 0 Å². The van der Waals surface area contributed by atoms with Gasteiger partial charge in [-0.3, -0.25) is 4.79 Å². The van der Waals surface area contributed by atoms with Gasteiger partial charge in [-0.05, 0) is 55.4 Å². The van der Waals surface area contributed by atoms with Crippen LogP contribution in [-0.4, -0.2) is 54.4 Å². The Hall–Kier alpha value is -3.42. The molecule has 164 valence electrons. The van der Waals surface area contributed by atoms with E-state index in [0.29, 0.717) is 29.6 Å². The van der Waals surface area contributed by atoms with Gasteiger partial charge in [0.05, 0.1) is 11.6 Å². The Kier molecular flexibility index (Phi) is 5.07. The van der Waals surface area contributed by atoms with Gasteiger partial charge < -0.3 is 9.64 Å². The molecule has 2 unspecified atom stereocenters. The summed E-state index contributed by atoms with van der Waals surface area (Å²) in [5.74, 6) is 0.386. The van der Waals surface area contributed by atoms with Crippen molar-refractivity contribution in [2.45, 2.75) is 52.2 Å². The van der Waals surface area contributed by atoms with Gasteiger partial charge in [0.2, 0.25) is 0 Å². The minimum Gasteiger partial charge on any atom is -0.458 e. The molecule has 3 aromatic heterocycles. The third-order valence-corrected chi connectivity index (χ3v) is 6.43. The number of fused-ring (bicyclic) bond motifs is 2. The van der Waals surface area contributed by atoms with Crippen LogP contribution in [0.15, 0.2) is 43.0 Å². The molecule has 1 aliphatic carbocycles. The molecule has 8 nitrogen and oxygen atoms in total. The molecule has 3 aromatic rings. The molecule has 4 heterocycles. The van der Waals surface area contributed by atoms with Crippen molar-refractivity contribution in [2.24, 2.45) is 5.41 Å². The molecule has 0 radical (unpaired) electrons. The highest BCUT2D eigenvalue weighted by Gasteiger charge is 2.55. The Balaban J connectivity index is 1.43. The second-order valence-electron chi connectivity index (χ2n) is 9.02. The Morgan fingerprint density at radius 3 is 2.59 bits per heavy atom. The number of rotatable bonds is 5. The minimum atomic E-state index is -0.147. The molecule has 1 amide bonds. The normalized spacial score (nSPS) is 24.0. The third kappa shape index (κ3) is 3.70. The standard InChI is InChI=1S/C24H26N6O2/c1-4-16-12-27-23(28-13-16)32-19-11-24(3)10-18(19)30(14-24)22(31)20-17(7-6-15(2)29-20)21-25-8-5-9-26-21/h5-9,12-13,18-19H,4,10-11,14H2,1-3H3/t18?,19?,24-/m0/s1. The van der Waals surface area contributed by atoms with E-state index in [2.05, 4.69) is 38.8 Å². The van der Waals surface area contributed by atoms with Crippen molar-refractivity contribution in [1.29, 1.82) is 0 Å². The summed E-state index contributed by atoms with van der Waals surface area (Å²) in [4.78, 5) is 37.6. The summed E-state index contributed by atoms with van der Waals surface area (Å²) < 4.78 is 6.17. The number of carbonyl (C=O) groups is 1. The first-order valence-corrected chi connectivity index (χ1v) is 11.0. The average Bonchev–Trinajstić information content (AvgIpc) is 3.32. The molecular formula is C24H26N6O2. The number of nitrogens with zero attached hydrogens (tertiary/aromatic N) is 6. The summed E-state index contributed by atoms with van der Waals surface area (Å²) in [6.45, 7) is 6.83. The number of hydrogen-bond donors (Lipinski definition) is 0. The van der Waals surface area contributed by atoms with Gasteiger partial charge in [0.25, 0.3) is 5.91 Å². The average molecular weight is 431 g/mol. The lowest BCUT2D eigenvalue weighted by molar-refractivity contribution is 0.0368. The van der Waals surface area contributed by atoms with Crippen molar-refractivity contribution in [3.05, 3.63) is 59.9 Å². The molecule has 5 rings (SSSR count). The molecule has 8 heteroatoms. The fraction of sp³-hybridized carbons (Fsp3) is 0.417. The molecule has 2 bridgehead atoms. The molecule has 0 aromatic carbocycles. The van der Waals surface area contributed by atoms with E-state index in [1.165, 1.54) is 0 Å². The smallest absolute Gasteiger partial charge is 0.316 e. The molecule has 1 saturated heterocycles. The summed E-state index contributed by atoms with van der Waals surface area (Å²) in [5, 5.41) is 0. The van der Waals surface area contributed by atoms with Gasteiger partial charge in [-0.2, -0.15) is 0 Å². The van der Waals surface area contributed by atoms with Crippen LogP contribution in [0.2, 0.25) is 0 Å². The topological polar surface area (TPSA) is 94.0 Å². The number of hydrogen-bond acceptors (Lipinski definition) is 7. The van der Waals surface area contributed by atoms with Gasteiger partial charge in [0.15, 0.2) is 5.82 Å². The lowest BCUT2D eigenvalue weighted by atomic mass is 9.89. The van der Waals surface area contributed by atoms with Crippen LogP contribution in [0.4, 0.5) is 0 Å². The minimum absolute atomic E-state index is 0.00158. The second-order valence-corrected chi connectivity index (χ2v) is 9.02. The highest BCUT2D eigenvalue weighted by Crippen LogP contribution is 2.49. The zero-order valence-corrected chi connectivity index (χ0v) is 18.5. The van der Waals surface area contributed by atoms with Crippen LogP contribution in [0.3, 0.4) is 0 Å². The lowest BCUT2D eigenvalue weighted by Crippen LogP contribution is -2.48. The van der Waals surface area contributed by atoms with E-state index in [0.717, 1.165) is 30.5 Å². The molecule has 2 aliphatic rings. The van der Waals surface area contributed by atoms with Crippen LogP contribution < -0.4 is 4.74 Å². The van der Waals surface area contributed by atoms with Gasteiger partial charge in [-0.25, -0.2) is 24.9 Å². The van der Waals surface area contributed by atoms with E-state index in [1.807, 2.05) is 24.0 Å². The fourth-order valence-electron chi connectivity index (χ4n) is 4.85. The summed E-state index contributed by atoms with van der Waals surface area (Å²) in [6.07, 6.45) is 9.42. The van der Waals surface area contributed by atoms with Crippen LogP contribution in [0.5, 0.6) is 6.01 Å². The van der Waals surface area contributed by atoms with Crippen molar-refractivity contribution in [2.75, 3.05) is 6.54 Å². The van der Waals surface area contributed by atoms with Crippen LogP contribution in [0, 0.1) is 12.3 Å². The Labute approximate surface area is 187 Å². The zero-order valence-electron chi connectivity index (χ0n) is 18.5. The number of pyridine rings is 1. The zero-order chi connectivity index (χ0) is 22.3. The van der Waals surface area contributed by atoms with Crippen LogP contribution >= 0.6 is 0 Å². The van der Waals surface area contributed by atoms with E-state index < -0.39 is 0 Å². The lowest BCUT2D eigenvalue weighted by Gasteiger charge is -2.35. The first kappa shape index (κ1) is 20.5. The number of aryl methyl sites for hydroxylation is 2. The first-order chi connectivity index (χ1) is 15.5. The van der Waals surface area contributed by atoms with E-state index in [9.17, 15) is 4.79 Å². The Morgan fingerprint density at radius 2 is 1.91 bits per heavy atom. The number of amides is 1. The third-order valence-electron chi connectivity index (χ3n) is 6.43. The SMILES string of the molecule is CCc1cnc(OC2C[C@]3(C)CC2N(C(=O)c2nc(C)ccc2-c2ncccn2)C3)nc1. The molecule has 1 aliphatic heterocycles. The number of ether oxygens (including phenoxy) is 1. The molecule has 3 atom stereocenters. The number of carbonyl (C=O) groups excluding carboxylic acids is 1. The summed E-state index contributed by atoms with van der Waals surface area (Å²) >= 11 is 0. The van der Waals surface area contributed by atoms with Gasteiger partial charge in [0, 0.05) is 37.0 Å². The number of aromatic nitrogens is 5. The monoisotopic (exact) mass is 430 g/mol. The van der Waals surface area contributed by atoms with Gasteiger partial charge in [-0.1, -0.05) is 13.8 Å². The quantitative estimate of drug-likeness (QED) is 0.613.